The van der Waals surface area contributed by atoms with Gasteiger partial charge in [0.15, 0.2) is 5.78 Å². The van der Waals surface area contributed by atoms with E-state index in [9.17, 15) is 4.79 Å². The van der Waals surface area contributed by atoms with E-state index in [4.69, 9.17) is 4.74 Å². The third-order valence-corrected chi connectivity index (χ3v) is 3.72. The van der Waals surface area contributed by atoms with Crippen LogP contribution in [0.1, 0.15) is 28.3 Å². The molecule has 0 saturated carbocycles. The average molecular weight is 231 g/mol. The first-order valence-corrected chi connectivity index (χ1v) is 6.27. The monoisotopic (exact) mass is 231 g/mol. The van der Waals surface area contributed by atoms with Gasteiger partial charge in [-0.15, -0.1) is 0 Å². The van der Waals surface area contributed by atoms with E-state index in [2.05, 4.69) is 11.0 Å². The average Bonchev–Trinajstić information content (AvgIpc) is 2.69. The maximum Gasteiger partial charge on any atom is 0.163 e. The molecule has 90 valence electrons. The normalized spacial score (nSPS) is 24.9. The zero-order chi connectivity index (χ0) is 11.7. The van der Waals surface area contributed by atoms with Gasteiger partial charge in [0.05, 0.1) is 13.2 Å². The van der Waals surface area contributed by atoms with Gasteiger partial charge in [-0.1, -0.05) is 24.3 Å². The number of Topliss-reactive ketones (excluding diaryl/α,β-unsaturated/α-hetero) is 1. The summed E-state index contributed by atoms with van der Waals surface area (Å²) in [7, 11) is 0. The van der Waals surface area contributed by atoms with Gasteiger partial charge in [0.2, 0.25) is 0 Å². The predicted molar refractivity (Wildman–Crippen MR) is 65.4 cm³/mol. The third kappa shape index (κ3) is 2.13. The van der Waals surface area contributed by atoms with E-state index in [0.29, 0.717) is 18.1 Å². The van der Waals surface area contributed by atoms with E-state index in [1.54, 1.807) is 0 Å². The molecule has 1 aromatic rings. The van der Waals surface area contributed by atoms with Crippen molar-refractivity contribution in [1.82, 2.24) is 4.90 Å². The maximum absolute atomic E-state index is 11.9. The minimum Gasteiger partial charge on any atom is -0.379 e. The zero-order valence-corrected chi connectivity index (χ0v) is 9.89. The number of ether oxygens (including phenoxy) is 1. The number of hydrogen-bond acceptors (Lipinski definition) is 3. The van der Waals surface area contributed by atoms with Gasteiger partial charge < -0.3 is 4.74 Å². The fourth-order valence-electron chi connectivity index (χ4n) is 2.81. The second kappa shape index (κ2) is 4.59. The Hall–Kier alpha value is -1.19. The fourth-order valence-corrected chi connectivity index (χ4v) is 2.81. The van der Waals surface area contributed by atoms with E-state index >= 15 is 0 Å². The summed E-state index contributed by atoms with van der Waals surface area (Å²) in [6.07, 6.45) is 0.677. The summed E-state index contributed by atoms with van der Waals surface area (Å²) < 4.78 is 5.35. The van der Waals surface area contributed by atoms with Crippen molar-refractivity contribution in [1.29, 1.82) is 0 Å². The van der Waals surface area contributed by atoms with Crippen molar-refractivity contribution in [3.63, 3.8) is 0 Å². The predicted octanol–water partition coefficient (Wildman–Crippen LogP) is 1.69. The topological polar surface area (TPSA) is 29.5 Å². The van der Waals surface area contributed by atoms with Crippen LogP contribution >= 0.6 is 0 Å². The Bertz CT molecular complexity index is 424. The molecular weight excluding hydrogens is 214 g/mol. The highest BCUT2D eigenvalue weighted by Crippen LogP contribution is 2.33. The summed E-state index contributed by atoms with van der Waals surface area (Å²) in [5.74, 6) is 0.690. The molecule has 0 aromatic heterocycles. The Labute approximate surface area is 101 Å². The Morgan fingerprint density at radius 2 is 2.00 bits per heavy atom. The van der Waals surface area contributed by atoms with Crippen molar-refractivity contribution in [2.75, 3.05) is 32.8 Å². The van der Waals surface area contributed by atoms with E-state index < -0.39 is 0 Å². The molecule has 1 aliphatic carbocycles. The molecule has 0 amide bonds. The number of carbonyl (C=O) groups excluding carboxylic acids is 1. The molecule has 2 aliphatic rings. The number of morpholine rings is 1. The highest BCUT2D eigenvalue weighted by atomic mass is 16.5. The summed E-state index contributed by atoms with van der Waals surface area (Å²) in [6, 6.07) is 8.04. The van der Waals surface area contributed by atoms with Crippen molar-refractivity contribution in [2.45, 2.75) is 12.3 Å². The number of carbonyl (C=O) groups is 1. The van der Waals surface area contributed by atoms with Gasteiger partial charge in [-0.3, -0.25) is 9.69 Å². The van der Waals surface area contributed by atoms with Crippen molar-refractivity contribution in [3.8, 4) is 0 Å². The molecule has 1 atom stereocenters. The second-order valence-corrected chi connectivity index (χ2v) is 4.82. The zero-order valence-electron chi connectivity index (χ0n) is 9.89. The molecule has 1 aromatic carbocycles. The number of ketones is 1. The van der Waals surface area contributed by atoms with E-state index in [1.165, 1.54) is 5.56 Å². The van der Waals surface area contributed by atoms with Crippen molar-refractivity contribution in [2.24, 2.45) is 0 Å². The minimum absolute atomic E-state index is 0.304. The first-order chi connectivity index (χ1) is 8.34. The highest BCUT2D eigenvalue weighted by Gasteiger charge is 2.30. The highest BCUT2D eigenvalue weighted by molar-refractivity contribution is 6.01. The molecule has 0 bridgehead atoms. The number of hydrogen-bond donors (Lipinski definition) is 0. The first kappa shape index (κ1) is 10.9. The smallest absolute Gasteiger partial charge is 0.163 e. The van der Waals surface area contributed by atoms with Crippen LogP contribution in [0.5, 0.6) is 0 Å². The Kier molecular flexibility index (Phi) is 2.95. The third-order valence-electron chi connectivity index (χ3n) is 3.72. The number of rotatable bonds is 2. The molecule has 0 spiro atoms. The fraction of sp³-hybridized carbons (Fsp3) is 0.500. The van der Waals surface area contributed by atoms with Crippen LogP contribution in [0.3, 0.4) is 0 Å². The standard InChI is InChI=1S/C14H17NO2/c16-14-9-11(10-15-5-7-17-8-6-15)12-3-1-2-4-13(12)14/h1-4,11H,5-10H2/t11-/m1/s1. The van der Waals surface area contributed by atoms with Crippen LogP contribution in [-0.4, -0.2) is 43.5 Å². The van der Waals surface area contributed by atoms with Gasteiger partial charge in [-0.05, 0) is 5.56 Å². The molecule has 0 radical (unpaired) electrons. The molecule has 3 nitrogen and oxygen atoms in total. The van der Waals surface area contributed by atoms with Crippen LogP contribution in [0.2, 0.25) is 0 Å². The lowest BCUT2D eigenvalue weighted by Crippen LogP contribution is -2.38. The largest absolute Gasteiger partial charge is 0.379 e. The molecule has 1 fully saturated rings. The maximum atomic E-state index is 11.9. The second-order valence-electron chi connectivity index (χ2n) is 4.82. The Balaban J connectivity index is 1.75. The summed E-state index contributed by atoms with van der Waals surface area (Å²) in [4.78, 5) is 14.3. The van der Waals surface area contributed by atoms with Crippen LogP contribution in [-0.2, 0) is 4.74 Å². The lowest BCUT2D eigenvalue weighted by atomic mass is 10.0. The van der Waals surface area contributed by atoms with Crippen molar-refractivity contribution in [3.05, 3.63) is 35.4 Å². The molecule has 1 heterocycles. The Morgan fingerprint density at radius 1 is 1.24 bits per heavy atom. The van der Waals surface area contributed by atoms with Gasteiger partial charge >= 0.3 is 0 Å². The molecular formula is C14H17NO2. The molecule has 3 rings (SSSR count). The molecule has 17 heavy (non-hydrogen) atoms. The molecule has 3 heteroatoms. The minimum atomic E-state index is 0.304. The molecule has 1 aliphatic heterocycles. The van der Waals surface area contributed by atoms with E-state index in [-0.39, 0.29) is 0 Å². The lowest BCUT2D eigenvalue weighted by molar-refractivity contribution is 0.0350. The summed E-state index contributed by atoms with van der Waals surface area (Å²) in [5.41, 5.74) is 2.18. The van der Waals surface area contributed by atoms with Crippen LogP contribution in [0.25, 0.3) is 0 Å². The summed E-state index contributed by atoms with van der Waals surface area (Å²) >= 11 is 0. The summed E-state index contributed by atoms with van der Waals surface area (Å²) in [5, 5.41) is 0. The van der Waals surface area contributed by atoms with Crippen LogP contribution in [0, 0.1) is 0 Å². The quantitative estimate of drug-likeness (QED) is 0.775. The van der Waals surface area contributed by atoms with Crippen molar-refractivity contribution >= 4 is 5.78 Å². The first-order valence-electron chi connectivity index (χ1n) is 6.27. The number of fused-ring (bicyclic) bond motifs is 1. The summed E-state index contributed by atoms with van der Waals surface area (Å²) in [6.45, 7) is 4.62. The van der Waals surface area contributed by atoms with Crippen LogP contribution in [0.4, 0.5) is 0 Å². The van der Waals surface area contributed by atoms with E-state index in [0.717, 1.165) is 38.4 Å². The number of nitrogens with zero attached hydrogens (tertiary/aromatic N) is 1. The van der Waals surface area contributed by atoms with Gasteiger partial charge in [0, 0.05) is 37.5 Å². The number of benzene rings is 1. The van der Waals surface area contributed by atoms with Gasteiger partial charge in [-0.25, -0.2) is 0 Å². The van der Waals surface area contributed by atoms with E-state index in [1.807, 2.05) is 18.2 Å². The molecule has 0 N–H and O–H groups in total. The SMILES string of the molecule is O=C1C[C@H](CN2CCOCC2)c2ccccc21. The molecule has 0 unspecified atom stereocenters. The van der Waals surface area contributed by atoms with Gasteiger partial charge in [0.1, 0.15) is 0 Å². The molecule has 1 saturated heterocycles. The van der Waals surface area contributed by atoms with Gasteiger partial charge in [0.25, 0.3) is 0 Å². The van der Waals surface area contributed by atoms with Crippen LogP contribution in [0.15, 0.2) is 24.3 Å². The lowest BCUT2D eigenvalue weighted by Gasteiger charge is -2.29. The Morgan fingerprint density at radius 3 is 2.82 bits per heavy atom. The van der Waals surface area contributed by atoms with Crippen LogP contribution < -0.4 is 0 Å². The van der Waals surface area contributed by atoms with Crippen molar-refractivity contribution < 1.29 is 9.53 Å². The van der Waals surface area contributed by atoms with Gasteiger partial charge in [-0.2, -0.15) is 0 Å².